The van der Waals surface area contributed by atoms with Crippen molar-refractivity contribution in [1.82, 2.24) is 15.1 Å². The second-order valence-corrected chi connectivity index (χ2v) is 6.38. The molecule has 0 aromatic rings. The SMILES string of the molecule is CC1CN(CCCN2C(=O)NC(C)(C)C2=O)CC(C)O1. The summed E-state index contributed by atoms with van der Waals surface area (Å²) in [4.78, 5) is 27.4. The van der Waals surface area contributed by atoms with Gasteiger partial charge in [-0.2, -0.15) is 0 Å². The molecule has 2 saturated heterocycles. The Balaban J connectivity index is 1.79. The van der Waals surface area contributed by atoms with Crippen molar-refractivity contribution in [3.05, 3.63) is 0 Å². The van der Waals surface area contributed by atoms with Crippen LogP contribution in [0.4, 0.5) is 4.79 Å². The van der Waals surface area contributed by atoms with E-state index in [1.54, 1.807) is 13.8 Å². The number of nitrogens with zero attached hydrogens (tertiary/aromatic N) is 2. The third kappa shape index (κ3) is 3.30. The van der Waals surface area contributed by atoms with Crippen LogP contribution in [0.1, 0.15) is 34.1 Å². The monoisotopic (exact) mass is 283 g/mol. The Morgan fingerprint density at radius 3 is 2.30 bits per heavy atom. The van der Waals surface area contributed by atoms with Crippen molar-refractivity contribution in [1.29, 1.82) is 0 Å². The highest BCUT2D eigenvalue weighted by molar-refractivity contribution is 6.06. The summed E-state index contributed by atoms with van der Waals surface area (Å²) < 4.78 is 5.69. The van der Waals surface area contributed by atoms with Crippen LogP contribution in [-0.2, 0) is 9.53 Å². The minimum atomic E-state index is -0.765. The van der Waals surface area contributed by atoms with Gasteiger partial charge in [0.05, 0.1) is 12.2 Å². The van der Waals surface area contributed by atoms with E-state index in [2.05, 4.69) is 24.1 Å². The maximum absolute atomic E-state index is 12.0. The first-order valence-electron chi connectivity index (χ1n) is 7.31. The van der Waals surface area contributed by atoms with Crippen molar-refractivity contribution in [2.24, 2.45) is 0 Å². The third-order valence-electron chi connectivity index (χ3n) is 3.80. The van der Waals surface area contributed by atoms with E-state index in [9.17, 15) is 9.59 Å². The number of nitrogens with one attached hydrogen (secondary N) is 1. The number of urea groups is 1. The van der Waals surface area contributed by atoms with Crippen LogP contribution < -0.4 is 5.32 Å². The second kappa shape index (κ2) is 5.69. The summed E-state index contributed by atoms with van der Waals surface area (Å²) in [7, 11) is 0. The molecule has 6 heteroatoms. The fourth-order valence-corrected chi connectivity index (χ4v) is 2.94. The molecular weight excluding hydrogens is 258 g/mol. The van der Waals surface area contributed by atoms with Crippen LogP contribution in [-0.4, -0.2) is 65.7 Å². The largest absolute Gasteiger partial charge is 0.373 e. The zero-order valence-electron chi connectivity index (χ0n) is 12.8. The van der Waals surface area contributed by atoms with Crippen LogP contribution in [0.25, 0.3) is 0 Å². The van der Waals surface area contributed by atoms with Gasteiger partial charge >= 0.3 is 6.03 Å². The first-order chi connectivity index (χ1) is 9.29. The molecule has 2 heterocycles. The van der Waals surface area contributed by atoms with Crippen molar-refractivity contribution in [3.8, 4) is 0 Å². The lowest BCUT2D eigenvalue weighted by molar-refractivity contribution is -0.130. The van der Waals surface area contributed by atoms with Crippen LogP contribution in [0.15, 0.2) is 0 Å². The molecule has 0 radical (unpaired) electrons. The number of hydrogen-bond acceptors (Lipinski definition) is 4. The third-order valence-corrected chi connectivity index (χ3v) is 3.80. The van der Waals surface area contributed by atoms with Gasteiger partial charge in [0.25, 0.3) is 5.91 Å². The molecule has 0 aliphatic carbocycles. The summed E-state index contributed by atoms with van der Waals surface area (Å²) in [5, 5.41) is 2.70. The highest BCUT2D eigenvalue weighted by atomic mass is 16.5. The normalized spacial score (nSPS) is 30.7. The fourth-order valence-electron chi connectivity index (χ4n) is 2.94. The Kier molecular flexibility index (Phi) is 4.34. The number of morpholine rings is 1. The molecule has 0 aromatic carbocycles. The lowest BCUT2D eigenvalue weighted by Gasteiger charge is -2.35. The summed E-state index contributed by atoms with van der Waals surface area (Å²) in [5.74, 6) is -0.133. The van der Waals surface area contributed by atoms with Gasteiger partial charge in [0, 0.05) is 26.2 Å². The maximum atomic E-state index is 12.0. The first-order valence-corrected chi connectivity index (χ1v) is 7.31. The second-order valence-electron chi connectivity index (χ2n) is 6.38. The summed E-state index contributed by atoms with van der Waals surface area (Å²) in [6.07, 6.45) is 1.29. The summed E-state index contributed by atoms with van der Waals surface area (Å²) in [5.41, 5.74) is -0.765. The molecule has 2 atom stereocenters. The Morgan fingerprint density at radius 2 is 1.80 bits per heavy atom. The van der Waals surface area contributed by atoms with Crippen molar-refractivity contribution in [3.63, 3.8) is 0 Å². The molecule has 2 aliphatic heterocycles. The van der Waals surface area contributed by atoms with E-state index in [1.165, 1.54) is 4.90 Å². The number of ether oxygens (including phenoxy) is 1. The number of carbonyl (C=O) groups excluding carboxylic acids is 2. The van der Waals surface area contributed by atoms with Gasteiger partial charge in [-0.3, -0.25) is 14.6 Å². The molecule has 0 bridgehead atoms. The Hall–Kier alpha value is -1.14. The van der Waals surface area contributed by atoms with Gasteiger partial charge in [0.15, 0.2) is 0 Å². The number of rotatable bonds is 4. The molecule has 0 saturated carbocycles. The van der Waals surface area contributed by atoms with E-state index in [0.29, 0.717) is 6.54 Å². The van der Waals surface area contributed by atoms with Gasteiger partial charge in [0.1, 0.15) is 5.54 Å². The van der Waals surface area contributed by atoms with Crippen molar-refractivity contribution < 1.29 is 14.3 Å². The number of carbonyl (C=O) groups is 2. The molecule has 6 nitrogen and oxygen atoms in total. The molecule has 1 N–H and O–H groups in total. The highest BCUT2D eigenvalue weighted by Gasteiger charge is 2.43. The van der Waals surface area contributed by atoms with Crippen molar-refractivity contribution >= 4 is 11.9 Å². The molecule has 3 amide bonds. The standard InChI is InChI=1S/C14H25N3O3/c1-10-8-16(9-11(2)20-10)6-5-7-17-12(18)14(3,4)15-13(17)19/h10-11H,5-9H2,1-4H3,(H,15,19). The number of hydrogen-bond donors (Lipinski definition) is 1. The Labute approximate surface area is 120 Å². The van der Waals surface area contributed by atoms with Gasteiger partial charge in [0.2, 0.25) is 0 Å². The van der Waals surface area contributed by atoms with Crippen LogP contribution >= 0.6 is 0 Å². The lowest BCUT2D eigenvalue weighted by atomic mass is 10.1. The molecule has 2 fully saturated rings. The average molecular weight is 283 g/mol. The predicted octanol–water partition coefficient (Wildman–Crippen LogP) is 0.816. The highest BCUT2D eigenvalue weighted by Crippen LogP contribution is 2.17. The van der Waals surface area contributed by atoms with Crippen molar-refractivity contribution in [2.75, 3.05) is 26.2 Å². The minimum absolute atomic E-state index is 0.133. The van der Waals surface area contributed by atoms with Crippen LogP contribution in [0.2, 0.25) is 0 Å². The number of imide groups is 1. The van der Waals surface area contributed by atoms with Gasteiger partial charge in [-0.15, -0.1) is 0 Å². The van der Waals surface area contributed by atoms with E-state index >= 15 is 0 Å². The average Bonchev–Trinajstić information content (AvgIpc) is 2.49. The van der Waals surface area contributed by atoms with Crippen LogP contribution in [0, 0.1) is 0 Å². The molecule has 2 aliphatic rings. The van der Waals surface area contributed by atoms with Gasteiger partial charge < -0.3 is 10.1 Å². The lowest BCUT2D eigenvalue weighted by Crippen LogP contribution is -2.46. The first kappa shape index (κ1) is 15.3. The summed E-state index contributed by atoms with van der Waals surface area (Å²) >= 11 is 0. The number of amides is 3. The van der Waals surface area contributed by atoms with E-state index < -0.39 is 5.54 Å². The van der Waals surface area contributed by atoms with E-state index in [1.807, 2.05) is 0 Å². The Bertz CT molecular complexity index is 387. The molecule has 0 aromatic heterocycles. The quantitative estimate of drug-likeness (QED) is 0.776. The topological polar surface area (TPSA) is 61.9 Å². The zero-order valence-corrected chi connectivity index (χ0v) is 12.8. The zero-order chi connectivity index (χ0) is 14.9. The molecule has 2 unspecified atom stereocenters. The Morgan fingerprint density at radius 1 is 1.20 bits per heavy atom. The molecule has 114 valence electrons. The van der Waals surface area contributed by atoms with Crippen LogP contribution in [0.5, 0.6) is 0 Å². The maximum Gasteiger partial charge on any atom is 0.325 e. The van der Waals surface area contributed by atoms with Gasteiger partial charge in [-0.1, -0.05) is 0 Å². The molecular formula is C14H25N3O3. The predicted molar refractivity (Wildman–Crippen MR) is 75.4 cm³/mol. The van der Waals surface area contributed by atoms with Crippen LogP contribution in [0.3, 0.4) is 0 Å². The summed E-state index contributed by atoms with van der Waals surface area (Å²) in [6.45, 7) is 10.8. The minimum Gasteiger partial charge on any atom is -0.373 e. The fraction of sp³-hybridized carbons (Fsp3) is 0.857. The van der Waals surface area contributed by atoms with E-state index in [4.69, 9.17) is 4.74 Å². The molecule has 20 heavy (non-hydrogen) atoms. The van der Waals surface area contributed by atoms with Gasteiger partial charge in [-0.05, 0) is 34.1 Å². The van der Waals surface area contributed by atoms with E-state index in [-0.39, 0.29) is 24.1 Å². The smallest absolute Gasteiger partial charge is 0.325 e. The van der Waals surface area contributed by atoms with Crippen molar-refractivity contribution in [2.45, 2.75) is 51.9 Å². The molecule has 0 spiro atoms. The van der Waals surface area contributed by atoms with E-state index in [0.717, 1.165) is 26.1 Å². The summed E-state index contributed by atoms with van der Waals surface area (Å²) in [6, 6.07) is -0.274. The van der Waals surface area contributed by atoms with Gasteiger partial charge in [-0.25, -0.2) is 4.79 Å². The molecule has 2 rings (SSSR count).